The highest BCUT2D eigenvalue weighted by molar-refractivity contribution is 5.96. The van der Waals surface area contributed by atoms with Crippen molar-refractivity contribution < 1.29 is 23.1 Å². The third-order valence-corrected chi connectivity index (χ3v) is 6.54. The molecule has 6 nitrogen and oxygen atoms in total. The van der Waals surface area contributed by atoms with Crippen LogP contribution < -0.4 is 20.3 Å². The van der Waals surface area contributed by atoms with E-state index >= 15 is 0 Å². The summed E-state index contributed by atoms with van der Waals surface area (Å²) >= 11 is 0. The molecule has 0 spiro atoms. The first-order valence-electron chi connectivity index (χ1n) is 11.4. The van der Waals surface area contributed by atoms with Crippen molar-refractivity contribution in [1.82, 2.24) is 10.6 Å². The van der Waals surface area contributed by atoms with Gasteiger partial charge in [-0.1, -0.05) is 18.2 Å². The number of hydrogen-bond acceptors (Lipinski definition) is 3. The summed E-state index contributed by atoms with van der Waals surface area (Å²) in [6, 6.07) is 9.89. The van der Waals surface area contributed by atoms with Crippen molar-refractivity contribution in [2.45, 2.75) is 51.1 Å². The zero-order chi connectivity index (χ0) is 23.4. The van der Waals surface area contributed by atoms with Crippen LogP contribution in [0.4, 0.5) is 19.3 Å². The van der Waals surface area contributed by atoms with Gasteiger partial charge in [-0.2, -0.15) is 0 Å². The molecule has 2 aromatic rings. The molecule has 8 heteroatoms. The first-order chi connectivity index (χ1) is 16.0. The van der Waals surface area contributed by atoms with Crippen LogP contribution in [-0.2, 0) is 17.8 Å². The molecule has 1 aliphatic carbocycles. The van der Waals surface area contributed by atoms with Gasteiger partial charge >= 0.3 is 6.03 Å². The number of urea groups is 1. The number of aryl methyl sites for hydroxylation is 1. The molecule has 2 aliphatic rings. The lowest BCUT2D eigenvalue weighted by atomic mass is 9.84. The SMILES string of the molecule is COc1ccc(CNC(=O)NC2CCC(C(=O)N3CCCc4ccc(F)c(F)c43)CC2)cc1. The molecule has 176 valence electrons. The molecule has 0 atom stereocenters. The Labute approximate surface area is 192 Å². The van der Waals surface area contributed by atoms with E-state index in [0.29, 0.717) is 50.8 Å². The van der Waals surface area contributed by atoms with E-state index in [1.807, 2.05) is 24.3 Å². The number of halogens is 2. The molecule has 0 saturated heterocycles. The summed E-state index contributed by atoms with van der Waals surface area (Å²) in [5, 5.41) is 5.82. The minimum Gasteiger partial charge on any atom is -0.497 e. The van der Waals surface area contributed by atoms with Crippen molar-refractivity contribution in [3.05, 3.63) is 59.2 Å². The fourth-order valence-electron chi connectivity index (χ4n) is 4.70. The second-order valence-electron chi connectivity index (χ2n) is 8.69. The Balaban J connectivity index is 1.27. The smallest absolute Gasteiger partial charge is 0.315 e. The van der Waals surface area contributed by atoms with Crippen LogP contribution in [-0.4, -0.2) is 31.6 Å². The molecule has 1 aliphatic heterocycles. The van der Waals surface area contributed by atoms with Gasteiger partial charge in [-0.3, -0.25) is 4.79 Å². The number of ether oxygens (including phenoxy) is 1. The third kappa shape index (κ3) is 5.26. The summed E-state index contributed by atoms with van der Waals surface area (Å²) in [6.45, 7) is 0.804. The second kappa shape index (κ2) is 10.2. The number of nitrogens with one attached hydrogen (secondary N) is 2. The number of nitrogens with zero attached hydrogens (tertiary/aromatic N) is 1. The number of anilines is 1. The largest absolute Gasteiger partial charge is 0.497 e. The van der Waals surface area contributed by atoms with E-state index in [9.17, 15) is 18.4 Å². The minimum atomic E-state index is -0.940. The number of fused-ring (bicyclic) bond motifs is 1. The number of hydrogen-bond donors (Lipinski definition) is 2. The van der Waals surface area contributed by atoms with E-state index in [4.69, 9.17) is 4.74 Å². The van der Waals surface area contributed by atoms with Crippen LogP contribution >= 0.6 is 0 Å². The van der Waals surface area contributed by atoms with Gasteiger partial charge in [-0.15, -0.1) is 0 Å². The fraction of sp³-hybridized carbons (Fsp3) is 0.440. The van der Waals surface area contributed by atoms with Crippen LogP contribution in [0.3, 0.4) is 0 Å². The maximum Gasteiger partial charge on any atom is 0.315 e. The van der Waals surface area contributed by atoms with Gasteiger partial charge in [-0.05, 0) is 67.9 Å². The first kappa shape index (κ1) is 23.0. The normalized spacial score (nSPS) is 20.0. The van der Waals surface area contributed by atoms with Crippen LogP contribution in [0.5, 0.6) is 5.75 Å². The van der Waals surface area contributed by atoms with Crippen molar-refractivity contribution in [1.29, 1.82) is 0 Å². The van der Waals surface area contributed by atoms with Crippen molar-refractivity contribution in [3.63, 3.8) is 0 Å². The lowest BCUT2D eigenvalue weighted by molar-refractivity contribution is -0.123. The summed E-state index contributed by atoms with van der Waals surface area (Å²) < 4.78 is 33.4. The van der Waals surface area contributed by atoms with Crippen molar-refractivity contribution in [2.24, 2.45) is 5.92 Å². The highest BCUT2D eigenvalue weighted by Gasteiger charge is 2.34. The molecule has 4 rings (SSSR count). The first-order valence-corrected chi connectivity index (χ1v) is 11.4. The van der Waals surface area contributed by atoms with Gasteiger partial charge in [0.2, 0.25) is 5.91 Å². The number of methoxy groups -OCH3 is 1. The lowest BCUT2D eigenvalue weighted by Crippen LogP contribution is -2.46. The van der Waals surface area contributed by atoms with E-state index in [-0.39, 0.29) is 29.6 Å². The Hall–Kier alpha value is -3.16. The quantitative estimate of drug-likeness (QED) is 0.703. The van der Waals surface area contributed by atoms with E-state index in [2.05, 4.69) is 10.6 Å². The van der Waals surface area contributed by atoms with E-state index in [0.717, 1.165) is 23.8 Å². The highest BCUT2D eigenvalue weighted by atomic mass is 19.2. The zero-order valence-electron chi connectivity index (χ0n) is 18.7. The molecule has 0 unspecified atom stereocenters. The summed E-state index contributed by atoms with van der Waals surface area (Å²) in [5.74, 6) is -1.51. The van der Waals surface area contributed by atoms with Crippen molar-refractivity contribution in [3.8, 4) is 5.75 Å². The van der Waals surface area contributed by atoms with Crippen LogP contribution in [0.1, 0.15) is 43.2 Å². The van der Waals surface area contributed by atoms with Gasteiger partial charge in [0.05, 0.1) is 12.8 Å². The van der Waals surface area contributed by atoms with E-state index in [1.54, 1.807) is 13.2 Å². The van der Waals surface area contributed by atoms with Gasteiger partial charge in [0, 0.05) is 25.0 Å². The molecule has 1 saturated carbocycles. The Morgan fingerprint density at radius 3 is 2.48 bits per heavy atom. The predicted octanol–water partition coefficient (Wildman–Crippen LogP) is 4.31. The number of carbonyl (C=O) groups excluding carboxylic acids is 2. The van der Waals surface area contributed by atoms with E-state index < -0.39 is 11.6 Å². The van der Waals surface area contributed by atoms with Crippen LogP contribution in [0.15, 0.2) is 36.4 Å². The molecule has 0 radical (unpaired) electrons. The Kier molecular flexibility index (Phi) is 7.11. The van der Waals surface area contributed by atoms with Crippen LogP contribution in [0.2, 0.25) is 0 Å². The van der Waals surface area contributed by atoms with E-state index in [1.165, 1.54) is 4.90 Å². The number of amides is 3. The molecule has 1 fully saturated rings. The molecule has 2 N–H and O–H groups in total. The second-order valence-corrected chi connectivity index (χ2v) is 8.69. The molecule has 2 aromatic carbocycles. The molecule has 0 aromatic heterocycles. The summed E-state index contributed by atoms with van der Waals surface area (Å²) in [5.41, 5.74) is 1.74. The van der Waals surface area contributed by atoms with Crippen LogP contribution in [0, 0.1) is 17.6 Å². The van der Waals surface area contributed by atoms with Gasteiger partial charge in [0.15, 0.2) is 11.6 Å². The van der Waals surface area contributed by atoms with Crippen molar-refractivity contribution >= 4 is 17.6 Å². The van der Waals surface area contributed by atoms with Gasteiger partial charge in [0.1, 0.15) is 5.75 Å². The van der Waals surface area contributed by atoms with Crippen LogP contribution in [0.25, 0.3) is 0 Å². The summed E-state index contributed by atoms with van der Waals surface area (Å²) in [6.07, 6.45) is 3.90. The highest BCUT2D eigenvalue weighted by Crippen LogP contribution is 2.35. The average Bonchev–Trinajstić information content (AvgIpc) is 2.85. The number of carbonyl (C=O) groups is 2. The molecule has 33 heavy (non-hydrogen) atoms. The Morgan fingerprint density at radius 1 is 1.06 bits per heavy atom. The molecule has 3 amide bonds. The molecular weight excluding hydrogens is 428 g/mol. The third-order valence-electron chi connectivity index (χ3n) is 6.54. The Bertz CT molecular complexity index is 1000. The summed E-state index contributed by atoms with van der Waals surface area (Å²) in [7, 11) is 1.60. The zero-order valence-corrected chi connectivity index (χ0v) is 18.7. The maximum atomic E-state index is 14.5. The summed E-state index contributed by atoms with van der Waals surface area (Å²) in [4.78, 5) is 26.8. The standard InChI is InChI=1S/C25H29F2N3O3/c1-33-20-11-4-16(5-12-20)15-28-25(32)29-19-9-6-18(7-10-19)24(31)30-14-2-3-17-8-13-21(26)22(27)23(17)30/h4-5,8,11-13,18-19H,2-3,6-7,9-10,14-15H2,1H3,(H2,28,29,32). The average molecular weight is 458 g/mol. The molecular formula is C25H29F2N3O3. The van der Waals surface area contributed by atoms with Gasteiger partial charge in [0.25, 0.3) is 0 Å². The van der Waals surface area contributed by atoms with Crippen molar-refractivity contribution in [2.75, 3.05) is 18.6 Å². The molecule has 0 bridgehead atoms. The minimum absolute atomic E-state index is 0.0206. The monoisotopic (exact) mass is 457 g/mol. The Morgan fingerprint density at radius 2 is 1.79 bits per heavy atom. The molecule has 1 heterocycles. The number of benzene rings is 2. The van der Waals surface area contributed by atoms with Gasteiger partial charge < -0.3 is 20.3 Å². The maximum absolute atomic E-state index is 14.5. The predicted molar refractivity (Wildman–Crippen MR) is 121 cm³/mol. The number of rotatable bonds is 5. The van der Waals surface area contributed by atoms with Gasteiger partial charge in [-0.25, -0.2) is 13.6 Å². The topological polar surface area (TPSA) is 70.7 Å². The lowest BCUT2D eigenvalue weighted by Gasteiger charge is -2.35. The fourth-order valence-corrected chi connectivity index (χ4v) is 4.70.